The topological polar surface area (TPSA) is 147 Å². The summed E-state index contributed by atoms with van der Waals surface area (Å²) in [6.07, 6.45) is -6.95. The summed E-state index contributed by atoms with van der Waals surface area (Å²) < 4.78 is 74.0. The van der Waals surface area contributed by atoms with Crippen LogP contribution in [0.1, 0.15) is 20.1 Å². The van der Waals surface area contributed by atoms with Crippen LogP contribution in [0.3, 0.4) is 0 Å². The fraction of sp³-hybridized carbons (Fsp3) is 0.632. The monoisotopic (exact) mass is 537 g/mol. The van der Waals surface area contributed by atoms with Crippen molar-refractivity contribution in [1.29, 1.82) is 0 Å². The molecular formula is C19H23F3N5O8P. The van der Waals surface area contributed by atoms with Crippen molar-refractivity contribution in [3.8, 4) is 0 Å². The maximum Gasteiger partial charge on any atom is 0.475 e. The van der Waals surface area contributed by atoms with Gasteiger partial charge in [-0.15, -0.1) is 0 Å². The highest BCUT2D eigenvalue weighted by Crippen LogP contribution is 2.51. The van der Waals surface area contributed by atoms with E-state index in [4.69, 9.17) is 31.5 Å². The van der Waals surface area contributed by atoms with Crippen LogP contribution >= 0.6 is 7.82 Å². The Balaban J connectivity index is 2.34. The molecule has 1 amide bonds. The normalized spacial score (nSPS) is 24.1. The first-order chi connectivity index (χ1) is 16.8. The first-order valence-corrected chi connectivity index (χ1v) is 11.8. The summed E-state index contributed by atoms with van der Waals surface area (Å²) >= 11 is 0. The molecule has 0 radical (unpaired) electrons. The summed E-state index contributed by atoms with van der Waals surface area (Å²) in [6, 6.07) is 0.940. The molecule has 0 unspecified atom stereocenters. The standard InChI is InChI=1S/C19H23F3N5O8P/c1-12-13(11-34-36(31,32-9-6-23-3)33-10-7-24-4)35-16(27-8-5-14(28)25-17(27)30)18(12,2)26-15(29)19(20,21)22/h5,8,12-13,16H,6-7,9-11H2,1-2H3,(H,26,29)(H,25,28,30)/t12-,13-,16-,18-/m1/s1. The number of carbonyl (C=O) groups is 1. The van der Waals surface area contributed by atoms with Gasteiger partial charge in [-0.05, 0) is 6.92 Å². The molecule has 1 aromatic rings. The highest BCUT2D eigenvalue weighted by atomic mass is 31.2. The van der Waals surface area contributed by atoms with E-state index in [9.17, 15) is 32.1 Å². The predicted octanol–water partition coefficient (Wildman–Crippen LogP) is 1.50. The van der Waals surface area contributed by atoms with Crippen molar-refractivity contribution in [2.24, 2.45) is 5.92 Å². The van der Waals surface area contributed by atoms with Crippen LogP contribution in [0.4, 0.5) is 13.2 Å². The smallest absolute Gasteiger partial charge is 0.349 e. The zero-order valence-electron chi connectivity index (χ0n) is 19.1. The number of ether oxygens (including phenoxy) is 1. The van der Waals surface area contributed by atoms with Crippen LogP contribution in [0, 0.1) is 19.1 Å². The molecule has 0 saturated carbocycles. The first kappa shape index (κ1) is 29.2. The molecule has 1 saturated heterocycles. The summed E-state index contributed by atoms with van der Waals surface area (Å²) in [7, 11) is -4.31. The number of hydrogen-bond acceptors (Lipinski definition) is 8. The number of rotatable bonds is 11. The van der Waals surface area contributed by atoms with E-state index < -0.39 is 61.6 Å². The molecule has 1 aliphatic rings. The number of aromatic amines is 1. The van der Waals surface area contributed by atoms with Crippen LogP contribution < -0.4 is 16.6 Å². The van der Waals surface area contributed by atoms with Crippen molar-refractivity contribution >= 4 is 13.7 Å². The highest BCUT2D eigenvalue weighted by Gasteiger charge is 2.56. The molecule has 0 aliphatic carbocycles. The lowest BCUT2D eigenvalue weighted by atomic mass is 9.84. The second-order valence-electron chi connectivity index (χ2n) is 7.74. The van der Waals surface area contributed by atoms with Crippen molar-refractivity contribution in [2.45, 2.75) is 37.9 Å². The third-order valence-electron chi connectivity index (χ3n) is 5.37. The minimum Gasteiger partial charge on any atom is -0.349 e. The lowest BCUT2D eigenvalue weighted by Gasteiger charge is -2.35. The van der Waals surface area contributed by atoms with Crippen LogP contribution in [0.25, 0.3) is 9.69 Å². The molecular weight excluding hydrogens is 514 g/mol. The minimum atomic E-state index is -5.25. The number of carbonyl (C=O) groups excluding carboxylic acids is 1. The highest BCUT2D eigenvalue weighted by molar-refractivity contribution is 7.48. The SMILES string of the molecule is [C-]#[N+]CCOP(=O)(OCC[N+]#[C-])OC[C@H]1O[C@@H](n2ccc(=O)[nH]c2=O)[C@](C)(NC(=O)C(F)(F)F)[C@@H]1C. The zero-order valence-corrected chi connectivity index (χ0v) is 20.0. The minimum absolute atomic E-state index is 0.172. The fourth-order valence-electron chi connectivity index (χ4n) is 3.35. The molecule has 36 heavy (non-hydrogen) atoms. The van der Waals surface area contributed by atoms with Crippen molar-refractivity contribution in [3.05, 3.63) is 55.9 Å². The molecule has 0 spiro atoms. The van der Waals surface area contributed by atoms with E-state index in [2.05, 4.69) is 9.69 Å². The van der Waals surface area contributed by atoms with Gasteiger partial charge >= 0.3 is 25.6 Å². The molecule has 0 aromatic carbocycles. The van der Waals surface area contributed by atoms with Gasteiger partial charge in [0.05, 0.1) is 18.2 Å². The molecule has 1 fully saturated rings. The number of H-pyrrole nitrogens is 1. The molecule has 2 heterocycles. The predicted molar refractivity (Wildman–Crippen MR) is 115 cm³/mol. The fourth-order valence-corrected chi connectivity index (χ4v) is 4.51. The van der Waals surface area contributed by atoms with Crippen LogP contribution in [-0.2, 0) is 27.7 Å². The molecule has 4 atom stereocenters. The van der Waals surface area contributed by atoms with Crippen molar-refractivity contribution in [1.82, 2.24) is 14.9 Å². The van der Waals surface area contributed by atoms with Crippen LogP contribution in [0.2, 0.25) is 0 Å². The maximum atomic E-state index is 13.1. The van der Waals surface area contributed by atoms with Crippen LogP contribution in [0.5, 0.6) is 0 Å². The number of hydrogen-bond donors (Lipinski definition) is 2. The van der Waals surface area contributed by atoms with Gasteiger partial charge < -0.3 is 19.7 Å². The summed E-state index contributed by atoms with van der Waals surface area (Å²) in [6.45, 7) is 14.6. The Morgan fingerprint density at radius 3 is 2.33 bits per heavy atom. The summed E-state index contributed by atoms with van der Waals surface area (Å²) in [5.74, 6) is -3.27. The lowest BCUT2D eigenvalue weighted by molar-refractivity contribution is -0.177. The Hall–Kier alpha value is -3.01. The summed E-state index contributed by atoms with van der Waals surface area (Å²) in [5, 5.41) is 1.85. The third kappa shape index (κ3) is 7.02. The van der Waals surface area contributed by atoms with E-state index in [-0.39, 0.29) is 26.3 Å². The number of amides is 1. The van der Waals surface area contributed by atoms with Gasteiger partial charge in [-0.1, -0.05) is 6.92 Å². The second-order valence-corrected chi connectivity index (χ2v) is 9.41. The van der Waals surface area contributed by atoms with Crippen LogP contribution in [0.15, 0.2) is 21.9 Å². The van der Waals surface area contributed by atoms with Gasteiger partial charge in [0.2, 0.25) is 13.1 Å². The summed E-state index contributed by atoms with van der Waals surface area (Å²) in [4.78, 5) is 43.6. The Morgan fingerprint density at radius 1 is 1.25 bits per heavy atom. The molecule has 1 aliphatic heterocycles. The molecule has 198 valence electrons. The maximum absolute atomic E-state index is 13.1. The lowest BCUT2D eigenvalue weighted by Crippen LogP contribution is -2.58. The third-order valence-corrected chi connectivity index (χ3v) is 6.83. The van der Waals surface area contributed by atoms with Crippen LogP contribution in [-0.4, -0.2) is 66.2 Å². The Kier molecular flexibility index (Phi) is 9.59. The molecule has 1 aromatic heterocycles. The van der Waals surface area contributed by atoms with Gasteiger partial charge in [-0.3, -0.25) is 32.7 Å². The van der Waals surface area contributed by atoms with Gasteiger partial charge in [0.15, 0.2) is 6.23 Å². The number of aromatic nitrogens is 2. The van der Waals surface area contributed by atoms with Crippen molar-refractivity contribution in [2.75, 3.05) is 32.9 Å². The largest absolute Gasteiger partial charge is 0.475 e. The quantitative estimate of drug-likeness (QED) is 0.245. The molecule has 13 nitrogen and oxygen atoms in total. The number of nitrogens with one attached hydrogen (secondary N) is 2. The van der Waals surface area contributed by atoms with Gasteiger partial charge in [-0.25, -0.2) is 22.5 Å². The Morgan fingerprint density at radius 2 is 1.83 bits per heavy atom. The zero-order chi connectivity index (χ0) is 27.1. The van der Waals surface area contributed by atoms with E-state index in [1.165, 1.54) is 13.8 Å². The Bertz CT molecular complexity index is 1170. The molecule has 0 bridgehead atoms. The van der Waals surface area contributed by atoms with E-state index in [1.807, 2.05) is 10.3 Å². The molecule has 2 N–H and O–H groups in total. The molecule has 2 rings (SSSR count). The summed E-state index contributed by atoms with van der Waals surface area (Å²) in [5.41, 5.74) is -3.63. The number of halogens is 3. The number of phosphoric acid groups is 1. The van der Waals surface area contributed by atoms with E-state index >= 15 is 0 Å². The Labute approximate surface area is 202 Å². The van der Waals surface area contributed by atoms with E-state index in [0.29, 0.717) is 0 Å². The van der Waals surface area contributed by atoms with E-state index in [0.717, 1.165) is 16.8 Å². The number of nitrogens with zero attached hydrogens (tertiary/aromatic N) is 3. The van der Waals surface area contributed by atoms with Gasteiger partial charge in [-0.2, -0.15) is 13.2 Å². The molecule has 17 heteroatoms. The first-order valence-electron chi connectivity index (χ1n) is 10.3. The van der Waals surface area contributed by atoms with Crippen molar-refractivity contribution in [3.63, 3.8) is 0 Å². The van der Waals surface area contributed by atoms with Gasteiger partial charge in [0, 0.05) is 18.2 Å². The van der Waals surface area contributed by atoms with Gasteiger partial charge in [0.25, 0.3) is 5.56 Å². The van der Waals surface area contributed by atoms with Gasteiger partial charge in [0.1, 0.15) is 13.2 Å². The number of alkyl halides is 3. The van der Waals surface area contributed by atoms with Crippen molar-refractivity contribution < 1.29 is 40.8 Å². The van der Waals surface area contributed by atoms with E-state index in [1.54, 1.807) is 0 Å². The number of phosphoric ester groups is 1. The average Bonchev–Trinajstić information content (AvgIpc) is 3.02. The average molecular weight is 537 g/mol. The second kappa shape index (κ2) is 11.8.